The van der Waals surface area contributed by atoms with Gasteiger partial charge in [0.25, 0.3) is 5.91 Å². The number of carbonyl (C=O) groups is 17. The first kappa shape index (κ1) is 107. The molecular formula is C85H123N21O24. The maximum atomic E-state index is 14.9. The van der Waals surface area contributed by atoms with Crippen LogP contribution in [0.3, 0.4) is 0 Å². The Labute approximate surface area is 748 Å². The molecule has 14 atom stereocenters. The highest BCUT2D eigenvalue weighted by Gasteiger charge is 2.40. The lowest BCUT2D eigenvalue weighted by Crippen LogP contribution is -2.62. The van der Waals surface area contributed by atoms with E-state index < -0.39 is 236 Å². The number of imidazole rings is 1. The molecular weight excluding hydrogens is 1700 g/mol. The van der Waals surface area contributed by atoms with Gasteiger partial charge in [0.2, 0.25) is 76.8 Å². The van der Waals surface area contributed by atoms with E-state index in [0.29, 0.717) is 47.8 Å². The molecule has 5 rings (SSSR count). The van der Waals surface area contributed by atoms with Crippen LogP contribution in [0.4, 0.5) is 0 Å². The molecule has 2 aromatic carbocycles. The van der Waals surface area contributed by atoms with Gasteiger partial charge in [-0.25, -0.2) is 9.78 Å². The Morgan fingerprint density at radius 1 is 0.477 bits per heavy atom. The molecule has 130 heavy (non-hydrogen) atoms. The number of nitrogens with zero attached hydrogens (tertiary/aromatic N) is 1. The molecule has 0 fully saturated rings. The van der Waals surface area contributed by atoms with Crippen molar-refractivity contribution in [1.82, 2.24) is 84.4 Å². The summed E-state index contributed by atoms with van der Waals surface area (Å²) in [5.41, 5.74) is 24.2. The Morgan fingerprint density at radius 3 is 1.46 bits per heavy atom. The van der Waals surface area contributed by atoms with E-state index in [1.807, 2.05) is 0 Å². The molecule has 0 unspecified atom stereocenters. The fourth-order valence-electron chi connectivity index (χ4n) is 13.7. The minimum absolute atomic E-state index is 0.00963. The van der Waals surface area contributed by atoms with E-state index in [0.717, 1.165) is 13.8 Å². The molecule has 0 bridgehead atoms. The Kier molecular flexibility index (Phi) is 43.2. The third-order valence-electron chi connectivity index (χ3n) is 20.6. The van der Waals surface area contributed by atoms with Crippen LogP contribution in [0.1, 0.15) is 175 Å². The lowest BCUT2D eigenvalue weighted by atomic mass is 9.90. The fraction of sp³-hybridized carbons (Fsp3) is 0.529. The Bertz CT molecular complexity index is 4830. The number of primary amides is 1. The highest BCUT2D eigenvalue weighted by Crippen LogP contribution is 2.42. The number of aromatic nitrogens is 2. The van der Waals surface area contributed by atoms with E-state index >= 15 is 0 Å². The number of amides is 14. The molecule has 45 heteroatoms. The van der Waals surface area contributed by atoms with Gasteiger partial charge in [-0.15, -0.1) is 0 Å². The van der Waals surface area contributed by atoms with E-state index in [1.165, 1.54) is 63.6 Å². The standard InChI is InChI=1S/C85H123N21O24/c1-41(2)33-59(101-71(115)44(7)94-74(118)54(19-12-14-30-86)97-75(119)55(20-13-15-31-87)96-73(117)51-18-11-10-17-50(51)68-52-24-22-48(108)36-63(52)130-64-37-49(109)23-25-53(64)68)80(124)102-60(35-47-39-91-40-93-47)81(125)98-56(21-16-32-92-85(89)90)76(120)99-57(26-28-65(88)110)77(121)100-58(27-29-66(111)112)78(122)106-70(46(9)107)83(127)105-69(43(5)6)82(126)103-61(38-67(113)114)79(123)95-45(8)72(116)104-62(84(128)129)34-42(3)4/h10-11,17-18,22-25,36-37,39-46,54-62,69-70,107-108H,12-16,19-21,26-35,38,86-87H2,1-9H3,(H2,88,110)(H,91,93)(H,94,118)(H,95,123)(H,96,117)(H,97,119)(H,98,125)(H,99,120)(H,100,121)(H,101,115)(H,102,124)(H,103,126)(H,104,116)(H,105,127)(H,106,122)(H,111,112)(H,113,114)(H,128,129)(H4,89,90,92)/t44-,45-,46+,54-,55-,56-,57-,58-,59-,60-,61-,62-,69-,70-/m0/s1. The predicted molar refractivity (Wildman–Crippen MR) is 470 cm³/mol. The summed E-state index contributed by atoms with van der Waals surface area (Å²) in [6, 6.07) is -6.26. The van der Waals surface area contributed by atoms with Gasteiger partial charge in [0.15, 0.2) is 11.4 Å². The summed E-state index contributed by atoms with van der Waals surface area (Å²) in [5, 5.41) is 93.3. The number of guanidine groups is 1. The van der Waals surface area contributed by atoms with E-state index in [1.54, 1.807) is 58.0 Å². The predicted octanol–water partition coefficient (Wildman–Crippen LogP) is -2.47. The van der Waals surface area contributed by atoms with Gasteiger partial charge >= 0.3 is 17.9 Å². The number of hydrogen-bond donors (Lipinski definition) is 25. The van der Waals surface area contributed by atoms with Crippen molar-refractivity contribution < 1.29 is 111 Å². The van der Waals surface area contributed by atoms with Gasteiger partial charge in [0.05, 0.1) is 24.5 Å². The maximum Gasteiger partial charge on any atom is 0.326 e. The van der Waals surface area contributed by atoms with E-state index in [4.69, 9.17) is 32.8 Å². The zero-order valence-electron chi connectivity index (χ0n) is 73.9. The zero-order chi connectivity index (χ0) is 96.9. The molecule has 45 nitrogen and oxygen atoms in total. The number of aromatic amines is 1. The van der Waals surface area contributed by atoms with Crippen molar-refractivity contribution in [3.8, 4) is 28.2 Å². The number of carbonyl (C=O) groups excluding carboxylic acids is 14. The van der Waals surface area contributed by atoms with Crippen LogP contribution < -0.4 is 103 Å². The van der Waals surface area contributed by atoms with Crippen LogP contribution >= 0.6 is 0 Å². The van der Waals surface area contributed by atoms with Crippen molar-refractivity contribution >= 4 is 118 Å². The summed E-state index contributed by atoms with van der Waals surface area (Å²) in [7, 11) is 0. The van der Waals surface area contributed by atoms with Crippen molar-refractivity contribution in [2.45, 2.75) is 250 Å². The number of aromatic hydroxyl groups is 1. The lowest BCUT2D eigenvalue weighted by Gasteiger charge is -2.29. The lowest BCUT2D eigenvalue weighted by molar-refractivity contribution is -0.143. The molecule has 3 aromatic rings. The normalized spacial score (nSPS) is 14.5. The third kappa shape index (κ3) is 34.8. The number of carboxylic acids is 3. The highest BCUT2D eigenvalue weighted by atomic mass is 16.4. The van der Waals surface area contributed by atoms with Gasteiger partial charge in [0, 0.05) is 66.2 Å². The SMILES string of the molecule is CC(C)C[C@H](NC(=O)[C@H](C)NC(=O)[C@H](CC(=O)O)NC(=O)[C@@H](NC(=O)[C@@H](NC(=O)[C@H](CCC(=O)O)NC(=O)[C@H](CCC(N)=O)NC(=O)[C@H](CCCNC(=N)N)NC(=O)[C@H](Cc1c[nH]cn1)NC(=O)[C@H](CC(C)C)NC(=O)[C@H](C)NC(=O)[C@H](CCCCN)NC(=O)[C@H](CCCCN)NC(=O)c1ccccc1-c1c2ccc(=O)cc-2oc2cc(O)ccc12)[C@@H](C)O)C(C)C)C(=O)O. The molecule has 2 heterocycles. The third-order valence-corrected chi connectivity index (χ3v) is 20.6. The molecule has 0 spiro atoms. The number of benzene rings is 3. The first-order chi connectivity index (χ1) is 61.3. The number of H-pyrrole nitrogens is 1. The largest absolute Gasteiger partial charge is 0.508 e. The van der Waals surface area contributed by atoms with Gasteiger partial charge in [0.1, 0.15) is 95.6 Å². The van der Waals surface area contributed by atoms with Crippen LogP contribution in [-0.4, -0.2) is 246 Å². The van der Waals surface area contributed by atoms with Crippen molar-refractivity contribution in [3.63, 3.8) is 0 Å². The number of nitrogens with two attached hydrogens (primary N) is 4. The molecule has 0 saturated carbocycles. The molecule has 14 amide bonds. The summed E-state index contributed by atoms with van der Waals surface area (Å²) < 4.78 is 6.04. The summed E-state index contributed by atoms with van der Waals surface area (Å²) >= 11 is 0. The van der Waals surface area contributed by atoms with Gasteiger partial charge < -0.3 is 132 Å². The first-order valence-electron chi connectivity index (χ1n) is 42.7. The Hall–Kier alpha value is -13.7. The number of rotatable bonds is 56. The maximum absolute atomic E-state index is 14.9. The zero-order valence-corrected chi connectivity index (χ0v) is 73.9. The monoisotopic (exact) mass is 1820 g/mol. The number of fused-ring (bicyclic) bond motifs is 2. The van der Waals surface area contributed by atoms with Crippen LogP contribution in [0.5, 0.6) is 5.75 Å². The average Bonchev–Trinajstić information content (AvgIpc) is 0.783. The number of nitrogens with one attached hydrogen (secondary N) is 16. The second-order valence-corrected chi connectivity index (χ2v) is 32.7. The summed E-state index contributed by atoms with van der Waals surface area (Å²) in [5.74, 6) is -21.3. The van der Waals surface area contributed by atoms with Gasteiger partial charge in [-0.3, -0.25) is 86.9 Å². The van der Waals surface area contributed by atoms with E-state index in [2.05, 4.69) is 84.4 Å². The average molecular weight is 1820 g/mol. The summed E-state index contributed by atoms with van der Waals surface area (Å²) in [6.07, 6.45) is -2.63. The molecule has 29 N–H and O–H groups in total. The minimum atomic E-state index is -2.06. The van der Waals surface area contributed by atoms with Crippen molar-refractivity contribution in [3.05, 3.63) is 94.7 Å². The number of hydrogen-bond acceptors (Lipinski definition) is 25. The fourth-order valence-corrected chi connectivity index (χ4v) is 13.7. The van der Waals surface area contributed by atoms with Gasteiger partial charge in [-0.05, 0) is 165 Å². The van der Waals surface area contributed by atoms with E-state index in [9.17, 15) is 112 Å². The number of carboxylic acid groups (broad SMARTS) is 3. The number of aliphatic hydroxyl groups is 1. The second kappa shape index (κ2) is 52.5. The molecule has 1 aliphatic carbocycles. The van der Waals surface area contributed by atoms with Gasteiger partial charge in [-0.1, -0.05) is 59.7 Å². The number of aliphatic hydroxyl groups excluding tert-OH is 1. The number of aliphatic carboxylic acids is 3. The summed E-state index contributed by atoms with van der Waals surface area (Å²) in [6.45, 7) is 13.5. The highest BCUT2D eigenvalue weighted by molar-refractivity contribution is 6.10. The van der Waals surface area contributed by atoms with Crippen LogP contribution in [0.25, 0.3) is 33.4 Å². The smallest absolute Gasteiger partial charge is 0.326 e. The minimum Gasteiger partial charge on any atom is -0.508 e. The molecule has 2 aliphatic rings. The van der Waals surface area contributed by atoms with E-state index in [-0.39, 0.29) is 104 Å². The Balaban J connectivity index is 1.37. The first-order valence-corrected chi connectivity index (χ1v) is 42.7. The molecule has 1 aromatic heterocycles. The number of phenolic OH excluding ortho intramolecular Hbond substituents is 1. The van der Waals surface area contributed by atoms with Crippen molar-refractivity contribution in [1.29, 1.82) is 5.41 Å². The Morgan fingerprint density at radius 2 is 0.946 bits per heavy atom. The molecule has 0 radical (unpaired) electrons. The van der Waals surface area contributed by atoms with Crippen LogP contribution in [0.15, 0.2) is 82.4 Å². The molecule has 1 aliphatic heterocycles. The van der Waals surface area contributed by atoms with Gasteiger partial charge in [-0.2, -0.15) is 0 Å². The quantitative estimate of drug-likeness (QED) is 0.00830. The summed E-state index contributed by atoms with van der Waals surface area (Å²) in [4.78, 5) is 254. The topological polar surface area (TPSA) is 747 Å². The molecule has 712 valence electrons. The van der Waals surface area contributed by atoms with Crippen LogP contribution in [0.2, 0.25) is 0 Å². The second-order valence-electron chi connectivity index (χ2n) is 32.7. The molecule has 0 saturated heterocycles. The van der Waals surface area contributed by atoms with Crippen molar-refractivity contribution in [2.24, 2.45) is 40.7 Å². The number of unbranched alkanes of at least 4 members (excludes halogenated alkanes) is 2. The van der Waals surface area contributed by atoms with Crippen LogP contribution in [0, 0.1) is 23.2 Å². The number of phenols is 1. The van der Waals surface area contributed by atoms with Crippen LogP contribution in [-0.2, 0) is 83.1 Å². The van der Waals surface area contributed by atoms with Crippen molar-refractivity contribution in [2.75, 3.05) is 19.6 Å².